The summed E-state index contributed by atoms with van der Waals surface area (Å²) in [6.07, 6.45) is 3.39. The molecule has 0 radical (unpaired) electrons. The number of hydrogen-bond donors (Lipinski definition) is 1. The van der Waals surface area contributed by atoms with Crippen LogP contribution in [0.4, 0.5) is 0 Å². The first-order valence-corrected chi connectivity index (χ1v) is 16.8. The molecule has 1 saturated carbocycles. The lowest BCUT2D eigenvalue weighted by atomic mass is 9.51. The normalized spacial score (nSPS) is 22.5. The van der Waals surface area contributed by atoms with Crippen LogP contribution in [0.5, 0.6) is 23.0 Å². The second-order valence-corrected chi connectivity index (χ2v) is 13.5. The maximum absolute atomic E-state index is 14.2. The molecule has 51 heavy (non-hydrogen) atoms. The van der Waals surface area contributed by atoms with Crippen molar-refractivity contribution in [2.75, 3.05) is 20.8 Å². The van der Waals surface area contributed by atoms with Gasteiger partial charge in [0.2, 0.25) is 0 Å². The second-order valence-electron chi connectivity index (χ2n) is 13.5. The van der Waals surface area contributed by atoms with Crippen LogP contribution in [0, 0.1) is 11.3 Å². The molecule has 3 heterocycles. The minimum atomic E-state index is -1.19. The summed E-state index contributed by atoms with van der Waals surface area (Å²) in [6, 6.07) is 7.49. The fourth-order valence-electron chi connectivity index (χ4n) is 8.23. The Morgan fingerprint density at radius 2 is 1.73 bits per heavy atom. The summed E-state index contributed by atoms with van der Waals surface area (Å²) < 4.78 is 21.7. The van der Waals surface area contributed by atoms with Crippen LogP contribution in [0.2, 0.25) is 0 Å². The van der Waals surface area contributed by atoms with Crippen LogP contribution in [-0.4, -0.2) is 61.0 Å². The minimum Gasteiger partial charge on any atom is -0.504 e. The first-order valence-electron chi connectivity index (χ1n) is 16.8. The lowest BCUT2D eigenvalue weighted by Gasteiger charge is -2.52. The molecular weight excluding hydrogens is 658 g/mol. The number of methoxy groups -OCH3 is 2. The van der Waals surface area contributed by atoms with Gasteiger partial charge in [0, 0.05) is 44.0 Å². The number of aromatic nitrogens is 5. The maximum Gasteiger partial charge on any atom is 0.347 e. The zero-order chi connectivity index (χ0) is 36.5. The number of allylic oxidation sites excluding steroid dienone is 4. The third-order valence-corrected chi connectivity index (χ3v) is 10.9. The van der Waals surface area contributed by atoms with Gasteiger partial charge in [0.05, 0.1) is 49.9 Å². The highest BCUT2D eigenvalue weighted by Gasteiger charge is 2.59. The SMILES string of the molecule is CCOc1cc([C@H]2C3=CCn4c(=O)n(CCc5nc6cc(OC)c(OC)cc6n(C)c5=O)c(=O)n4[C@@H]3C[C@H]3C(=O)C(C)=CC(=O)[C@@]23C)ccc1O. The highest BCUT2D eigenvalue weighted by molar-refractivity contribution is 6.13. The Hall–Kier alpha value is -5.66. The number of rotatable bonds is 8. The zero-order valence-corrected chi connectivity index (χ0v) is 29.3. The number of ketones is 2. The van der Waals surface area contributed by atoms with E-state index in [0.29, 0.717) is 40.3 Å². The number of aromatic hydroxyl groups is 1. The average molecular weight is 698 g/mol. The number of hydrogen-bond acceptors (Lipinski definition) is 10. The van der Waals surface area contributed by atoms with Gasteiger partial charge in [-0.2, -0.15) is 0 Å². The molecule has 2 aliphatic carbocycles. The Kier molecular flexibility index (Phi) is 8.15. The number of phenolic OH excluding ortho intramolecular Hbond substituents is 1. The molecule has 4 atom stereocenters. The third-order valence-electron chi connectivity index (χ3n) is 10.9. The van der Waals surface area contributed by atoms with Gasteiger partial charge in [-0.3, -0.25) is 14.4 Å². The average Bonchev–Trinajstić information content (AvgIpc) is 3.36. The van der Waals surface area contributed by atoms with Gasteiger partial charge in [-0.1, -0.05) is 19.1 Å². The molecule has 0 spiro atoms. The van der Waals surface area contributed by atoms with Gasteiger partial charge in [-0.05, 0) is 55.2 Å². The number of phenols is 1. The lowest BCUT2D eigenvalue weighted by Crippen LogP contribution is -2.54. The van der Waals surface area contributed by atoms with E-state index < -0.39 is 34.7 Å². The van der Waals surface area contributed by atoms with Crippen LogP contribution in [0.25, 0.3) is 11.0 Å². The summed E-state index contributed by atoms with van der Waals surface area (Å²) in [5.41, 5.74) is 0.153. The van der Waals surface area contributed by atoms with Crippen molar-refractivity contribution in [2.24, 2.45) is 18.4 Å². The molecule has 1 N–H and O–H groups in total. The van der Waals surface area contributed by atoms with Crippen LogP contribution in [0.1, 0.15) is 50.4 Å². The smallest absolute Gasteiger partial charge is 0.347 e. The van der Waals surface area contributed by atoms with Crippen molar-refractivity contribution in [3.63, 3.8) is 0 Å². The van der Waals surface area contributed by atoms with Crippen molar-refractivity contribution in [2.45, 2.75) is 58.7 Å². The van der Waals surface area contributed by atoms with Gasteiger partial charge in [0.1, 0.15) is 5.69 Å². The summed E-state index contributed by atoms with van der Waals surface area (Å²) in [6.45, 7) is 5.42. The second kappa shape index (κ2) is 12.3. The van der Waals surface area contributed by atoms with Gasteiger partial charge in [0.25, 0.3) is 5.56 Å². The molecular formula is C37H39N5O9. The van der Waals surface area contributed by atoms with Crippen molar-refractivity contribution in [1.29, 1.82) is 0 Å². The predicted octanol–water partition coefficient (Wildman–Crippen LogP) is 2.81. The van der Waals surface area contributed by atoms with Crippen molar-refractivity contribution >= 4 is 22.6 Å². The van der Waals surface area contributed by atoms with E-state index in [1.165, 1.54) is 40.3 Å². The molecule has 1 aliphatic heterocycles. The molecule has 2 aromatic heterocycles. The predicted molar refractivity (Wildman–Crippen MR) is 186 cm³/mol. The number of benzene rings is 2. The molecule has 14 heteroatoms. The molecule has 3 aliphatic rings. The van der Waals surface area contributed by atoms with E-state index in [1.54, 1.807) is 52.1 Å². The molecule has 0 amide bonds. The molecule has 7 rings (SSSR count). The summed E-state index contributed by atoms with van der Waals surface area (Å²) in [4.78, 5) is 73.8. The summed E-state index contributed by atoms with van der Waals surface area (Å²) >= 11 is 0. The largest absolute Gasteiger partial charge is 0.504 e. The number of fused-ring (bicyclic) bond motifs is 5. The number of ether oxygens (including phenoxy) is 3. The quantitative estimate of drug-likeness (QED) is 0.271. The van der Waals surface area contributed by atoms with Crippen molar-refractivity contribution < 1.29 is 28.9 Å². The standard InChI is InChI=1S/C37H39N5O9/c1-7-51-28-15-20(8-9-27(28)43)32-21-10-13-41-35(47)40(36(48)42(41)25(21)16-22-33(45)19(2)14-31(44)37(22,32)3)12-11-23-34(46)39(4)26-18-30(50-6)29(49-5)17-24(26)38-23/h8-10,14-15,17-18,22,25,32,43H,7,11-13,16H2,1-6H3/t22-,25+,32-,37-/m0/s1. The zero-order valence-electron chi connectivity index (χ0n) is 29.3. The first-order chi connectivity index (χ1) is 24.3. The Labute approximate surface area is 291 Å². The number of carbonyl (C=O) groups excluding carboxylic acids is 2. The Balaban J connectivity index is 1.30. The van der Waals surface area contributed by atoms with Gasteiger partial charge in [-0.25, -0.2) is 28.5 Å². The minimum absolute atomic E-state index is 0.00488. The molecule has 0 saturated heterocycles. The van der Waals surface area contributed by atoms with E-state index in [1.807, 2.05) is 6.08 Å². The Morgan fingerprint density at radius 1 is 1.00 bits per heavy atom. The fourth-order valence-corrected chi connectivity index (χ4v) is 8.23. The number of aryl methyl sites for hydroxylation is 2. The molecule has 0 bridgehead atoms. The highest BCUT2D eigenvalue weighted by Crippen LogP contribution is 2.60. The van der Waals surface area contributed by atoms with Gasteiger partial charge >= 0.3 is 11.4 Å². The molecule has 4 aromatic rings. The van der Waals surface area contributed by atoms with E-state index >= 15 is 0 Å². The van der Waals surface area contributed by atoms with Crippen molar-refractivity contribution in [1.82, 2.24) is 23.5 Å². The summed E-state index contributed by atoms with van der Waals surface area (Å²) in [7, 11) is 4.61. The third kappa shape index (κ3) is 4.98. The van der Waals surface area contributed by atoms with Crippen LogP contribution >= 0.6 is 0 Å². The molecule has 14 nitrogen and oxygen atoms in total. The van der Waals surface area contributed by atoms with E-state index in [0.717, 1.165) is 10.1 Å². The number of nitrogens with zero attached hydrogens (tertiary/aromatic N) is 5. The molecule has 0 unspecified atom stereocenters. The van der Waals surface area contributed by atoms with E-state index in [2.05, 4.69) is 4.98 Å². The first kappa shape index (κ1) is 33.8. The van der Waals surface area contributed by atoms with Crippen molar-refractivity contribution in [3.8, 4) is 23.0 Å². The summed E-state index contributed by atoms with van der Waals surface area (Å²) in [5, 5.41) is 10.5. The number of Topliss-reactive ketones (excluding diaryl/α,β-unsaturated/α-hetero) is 1. The molecule has 1 fully saturated rings. The van der Waals surface area contributed by atoms with Crippen LogP contribution in [0.3, 0.4) is 0 Å². The fraction of sp³-hybridized carbons (Fsp3) is 0.405. The van der Waals surface area contributed by atoms with Crippen LogP contribution < -0.4 is 31.1 Å². The Bertz CT molecular complexity index is 2390. The Morgan fingerprint density at radius 3 is 2.43 bits per heavy atom. The molecule has 2 aromatic carbocycles. The van der Waals surface area contributed by atoms with Crippen LogP contribution in [-0.2, 0) is 36.1 Å². The number of carbonyl (C=O) groups is 2. The van der Waals surface area contributed by atoms with Gasteiger partial charge in [0.15, 0.2) is 34.6 Å². The maximum atomic E-state index is 14.2. The van der Waals surface area contributed by atoms with E-state index in [9.17, 15) is 29.1 Å². The summed E-state index contributed by atoms with van der Waals surface area (Å²) in [5.74, 6) is -0.792. The van der Waals surface area contributed by atoms with E-state index in [-0.39, 0.29) is 60.2 Å². The molecule has 266 valence electrons. The lowest BCUT2D eigenvalue weighted by molar-refractivity contribution is -0.139. The topological polar surface area (TPSA) is 166 Å². The van der Waals surface area contributed by atoms with Crippen molar-refractivity contribution in [3.05, 3.63) is 96.2 Å². The van der Waals surface area contributed by atoms with Gasteiger partial charge < -0.3 is 23.9 Å². The van der Waals surface area contributed by atoms with E-state index in [4.69, 9.17) is 14.2 Å². The van der Waals surface area contributed by atoms with Gasteiger partial charge in [-0.15, -0.1) is 0 Å². The monoisotopic (exact) mass is 697 g/mol. The highest BCUT2D eigenvalue weighted by atomic mass is 16.5. The van der Waals surface area contributed by atoms with Crippen LogP contribution in [0.15, 0.2) is 68.0 Å².